The molecule has 25 aromatic rings. The molecule has 0 saturated carbocycles. The molecule has 0 unspecified atom stereocenters. The highest BCUT2D eigenvalue weighted by molar-refractivity contribution is 7.27. The Morgan fingerprint density at radius 2 is 0.947 bits per heavy atom. The highest BCUT2D eigenvalue weighted by Gasteiger charge is 2.24. The van der Waals surface area contributed by atoms with Gasteiger partial charge in [-0.2, -0.15) is 0 Å². The van der Waals surface area contributed by atoms with Crippen LogP contribution in [0, 0.1) is 0 Å². The quantitative estimate of drug-likeness (QED) is 0.148. The van der Waals surface area contributed by atoms with Gasteiger partial charge >= 0.3 is 0 Å². The third-order valence-electron chi connectivity index (χ3n) is 22.6. The van der Waals surface area contributed by atoms with Gasteiger partial charge in [-0.1, -0.05) is 249 Å². The van der Waals surface area contributed by atoms with Gasteiger partial charge in [0.2, 0.25) is 0 Å². The third-order valence-corrected chi connectivity index (χ3v) is 24.9. The number of para-hydroxylation sites is 2. The number of thiophene rings is 2. The monoisotopic (exact) mass is 1490 g/mol. The molecule has 0 radical (unpaired) electrons. The number of furan rings is 1. The molecule has 0 bridgehead atoms. The van der Waals surface area contributed by atoms with Crippen molar-refractivity contribution < 1.29 is 4.42 Å². The second kappa shape index (κ2) is 26.5. The van der Waals surface area contributed by atoms with Crippen LogP contribution in [0.15, 0.2) is 381 Å². The van der Waals surface area contributed by atoms with E-state index >= 15 is 0 Å². The van der Waals surface area contributed by atoms with Crippen molar-refractivity contribution in [1.82, 2.24) is 38.6 Å². The van der Waals surface area contributed by atoms with Crippen LogP contribution in [0.3, 0.4) is 0 Å². The minimum Gasteiger partial charge on any atom is -0.454 e. The van der Waals surface area contributed by atoms with Gasteiger partial charge in [0.1, 0.15) is 16.9 Å². The fourth-order valence-corrected chi connectivity index (χ4v) is 19.7. The summed E-state index contributed by atoms with van der Waals surface area (Å²) >= 11 is 3.70. The third kappa shape index (κ3) is 10.6. The van der Waals surface area contributed by atoms with E-state index in [0.29, 0.717) is 5.82 Å². The van der Waals surface area contributed by atoms with Crippen LogP contribution in [0.25, 0.3) is 222 Å². The summed E-state index contributed by atoms with van der Waals surface area (Å²) in [5.74, 6) is 1.52. The standard InChI is InChI=1S/C37H22N2S.C33H20N4S.C33H20N2O/c1-2-8-26-24(7-1)21-33(28-10-4-3-9-27(26)28)23-13-15-25(16-14-23)39-34-22-38-20-19-29(34)31-17-18-32-30-11-5-6-12-35(30)40-37(32)36(31)39;1-3-10-21(11-4-1)26-20-31(36-33(35-26)22-12-5-2-6-13-22)37-27-15-9-17-34-32(27)25-19-30-24(18-28(25)37)23-14-7-8-16-29(23)38-30;1-2-9-22-18-24(17-16-21(22)8-1)23-10-7-11-25(19-23)35-28-14-5-3-12-26(28)31-29(35)20-34-32-27-13-4-6-15-30(27)36-33(31)32/h1-22H;1-20H;1-20H. The number of fused-ring (bicyclic) bond motifs is 24. The molecular formula is C103H62N8OS2. The van der Waals surface area contributed by atoms with Crippen molar-refractivity contribution in [3.05, 3.63) is 377 Å². The van der Waals surface area contributed by atoms with Crippen molar-refractivity contribution >= 4 is 183 Å². The van der Waals surface area contributed by atoms with Crippen molar-refractivity contribution in [2.24, 2.45) is 0 Å². The zero-order valence-electron chi connectivity index (χ0n) is 61.1. The Balaban J connectivity index is 0.000000102. The average Bonchev–Trinajstić information content (AvgIpc) is 1.55. The molecule has 0 aliphatic carbocycles. The van der Waals surface area contributed by atoms with E-state index in [0.717, 1.165) is 105 Å². The molecule has 532 valence electrons. The van der Waals surface area contributed by atoms with E-state index in [1.54, 1.807) is 0 Å². The molecular weight excluding hydrogens is 1430 g/mol. The summed E-state index contributed by atoms with van der Waals surface area (Å²) in [5, 5.41) is 19.7. The number of aromatic nitrogens is 8. The molecule has 0 N–H and O–H groups in total. The Morgan fingerprint density at radius 3 is 1.78 bits per heavy atom. The molecule has 0 atom stereocenters. The van der Waals surface area contributed by atoms with Gasteiger partial charge in [-0.05, 0) is 152 Å². The van der Waals surface area contributed by atoms with Crippen molar-refractivity contribution in [2.45, 2.75) is 0 Å². The van der Waals surface area contributed by atoms with Crippen LogP contribution in [0.4, 0.5) is 0 Å². The van der Waals surface area contributed by atoms with Crippen LogP contribution in [0.2, 0.25) is 0 Å². The molecule has 0 fully saturated rings. The Labute approximate surface area is 660 Å². The number of hydrogen-bond donors (Lipinski definition) is 0. The maximum absolute atomic E-state index is 6.38. The van der Waals surface area contributed by atoms with Crippen LogP contribution in [-0.2, 0) is 0 Å². The fraction of sp³-hybridized carbons (Fsp3) is 0. The summed E-state index contributed by atoms with van der Waals surface area (Å²) in [6.07, 6.45) is 7.75. The molecule has 9 nitrogen and oxygen atoms in total. The smallest absolute Gasteiger partial charge is 0.163 e. The highest BCUT2D eigenvalue weighted by Crippen LogP contribution is 2.46. The molecule has 114 heavy (non-hydrogen) atoms. The molecule has 0 spiro atoms. The fourth-order valence-electron chi connectivity index (χ4n) is 17.3. The van der Waals surface area contributed by atoms with Gasteiger partial charge in [0, 0.05) is 104 Å². The maximum atomic E-state index is 6.38. The SMILES string of the molecule is c1cc(-c2ccc3ccccc3c2)cc(-n2c3ccccc3c3c4oc5ccccc5c4ncc32)c1.c1ccc(-c2cc(-n3c4cc5c(cc4c4ncccc43)sc3ccccc35)nc(-c3ccccc3)n2)cc1.c1ccc2c(c1)cc(-c1ccc(-n3c4cnccc4c4ccc5c6ccccc6sc5c43)cc1)c1ccccc12. The van der Waals surface area contributed by atoms with Crippen molar-refractivity contribution in [1.29, 1.82) is 0 Å². The van der Waals surface area contributed by atoms with Gasteiger partial charge < -0.3 is 13.6 Å². The summed E-state index contributed by atoms with van der Waals surface area (Å²) in [5.41, 5.74) is 20.3. The van der Waals surface area contributed by atoms with Crippen molar-refractivity contribution in [3.8, 4) is 62.1 Å². The molecule has 0 aliphatic heterocycles. The van der Waals surface area contributed by atoms with Gasteiger partial charge in [0.25, 0.3) is 0 Å². The summed E-state index contributed by atoms with van der Waals surface area (Å²) in [6, 6.07) is 125. The lowest BCUT2D eigenvalue weighted by Crippen LogP contribution is -2.02. The van der Waals surface area contributed by atoms with E-state index < -0.39 is 0 Å². The van der Waals surface area contributed by atoms with Crippen molar-refractivity contribution in [3.63, 3.8) is 0 Å². The highest BCUT2D eigenvalue weighted by atomic mass is 32.1. The Kier molecular flexibility index (Phi) is 15.1. The lowest BCUT2D eigenvalue weighted by Gasteiger charge is -2.13. The molecule has 0 aliphatic rings. The molecule has 10 heterocycles. The first-order valence-corrected chi connectivity index (χ1v) is 39.9. The topological polar surface area (TPSA) is 92.4 Å². The molecule has 10 aromatic heterocycles. The number of hydrogen-bond acceptors (Lipinski definition) is 8. The van der Waals surface area contributed by atoms with Crippen LogP contribution in [0.5, 0.6) is 0 Å². The van der Waals surface area contributed by atoms with Gasteiger partial charge in [0.05, 0.1) is 66.8 Å². The predicted octanol–water partition coefficient (Wildman–Crippen LogP) is 28.1. The van der Waals surface area contributed by atoms with Crippen LogP contribution >= 0.6 is 22.7 Å². The zero-order valence-corrected chi connectivity index (χ0v) is 62.7. The summed E-state index contributed by atoms with van der Waals surface area (Å²) in [6.45, 7) is 0. The lowest BCUT2D eigenvalue weighted by molar-refractivity contribution is 0.672. The van der Waals surface area contributed by atoms with E-state index in [4.69, 9.17) is 24.4 Å². The van der Waals surface area contributed by atoms with E-state index in [2.05, 4.69) is 310 Å². The second-order valence-electron chi connectivity index (χ2n) is 29.0. The molecule has 11 heteroatoms. The average molecular weight is 1490 g/mol. The first-order chi connectivity index (χ1) is 56.5. The molecule has 0 saturated heterocycles. The number of nitrogens with zero attached hydrogens (tertiary/aromatic N) is 8. The van der Waals surface area contributed by atoms with Gasteiger partial charge in [0.15, 0.2) is 11.4 Å². The number of rotatable bonds is 7. The predicted molar refractivity (Wildman–Crippen MR) is 479 cm³/mol. The number of pyridine rings is 3. The van der Waals surface area contributed by atoms with Gasteiger partial charge in [-0.25, -0.2) is 15.0 Å². The van der Waals surface area contributed by atoms with E-state index in [1.165, 1.54) is 111 Å². The summed E-state index contributed by atoms with van der Waals surface area (Å²) in [7, 11) is 0. The minimum absolute atomic E-state index is 0.697. The normalized spacial score (nSPS) is 11.9. The lowest BCUT2D eigenvalue weighted by atomic mass is 9.93. The van der Waals surface area contributed by atoms with Crippen LogP contribution in [0.1, 0.15) is 0 Å². The van der Waals surface area contributed by atoms with E-state index in [1.807, 2.05) is 108 Å². The van der Waals surface area contributed by atoms with Gasteiger partial charge in [-0.15, -0.1) is 22.7 Å². The Morgan fingerprint density at radius 1 is 0.289 bits per heavy atom. The second-order valence-corrected chi connectivity index (χ2v) is 31.1. The van der Waals surface area contributed by atoms with Crippen LogP contribution in [-0.4, -0.2) is 38.6 Å². The molecule has 25 rings (SSSR count). The molecule has 0 amide bonds. The largest absolute Gasteiger partial charge is 0.454 e. The van der Waals surface area contributed by atoms with Crippen molar-refractivity contribution in [2.75, 3.05) is 0 Å². The minimum atomic E-state index is 0.697. The number of benzene rings is 15. The van der Waals surface area contributed by atoms with E-state index in [-0.39, 0.29) is 0 Å². The summed E-state index contributed by atoms with van der Waals surface area (Å²) in [4.78, 5) is 24.3. The Bertz CT molecular complexity index is 8140. The Hall–Kier alpha value is -14.8. The summed E-state index contributed by atoms with van der Waals surface area (Å²) < 4.78 is 18.5. The van der Waals surface area contributed by atoms with Crippen LogP contribution < -0.4 is 0 Å². The maximum Gasteiger partial charge on any atom is 0.163 e. The zero-order chi connectivity index (χ0) is 74.9. The first-order valence-electron chi connectivity index (χ1n) is 38.2. The van der Waals surface area contributed by atoms with Gasteiger partial charge in [-0.3, -0.25) is 14.5 Å². The molecule has 15 aromatic carbocycles. The first kappa shape index (κ1) is 65.2. The van der Waals surface area contributed by atoms with E-state index in [9.17, 15) is 0 Å².